The number of hydrogen-bond donors (Lipinski definition) is 1. The number of para-hydroxylation sites is 1. The molecule has 2 aliphatic rings. The minimum atomic E-state index is -0.252. The predicted molar refractivity (Wildman–Crippen MR) is 84.7 cm³/mol. The van der Waals surface area contributed by atoms with Crippen LogP contribution in [-0.2, 0) is 10.2 Å². The number of anilines is 1. The maximum absolute atomic E-state index is 12.1. The summed E-state index contributed by atoms with van der Waals surface area (Å²) in [4.78, 5) is 12.1. The average Bonchev–Trinajstić information content (AvgIpc) is 2.45. The van der Waals surface area contributed by atoms with E-state index >= 15 is 0 Å². The number of benzene rings is 1. The van der Waals surface area contributed by atoms with Crippen LogP contribution in [0.2, 0.25) is 0 Å². The first-order valence-corrected chi connectivity index (χ1v) is 7.93. The first kappa shape index (κ1) is 14.4. The molecule has 0 unspecified atom stereocenters. The molecule has 0 aromatic heterocycles. The molecule has 3 rings (SSSR count). The lowest BCUT2D eigenvalue weighted by molar-refractivity contribution is 0.0601. The maximum Gasteiger partial charge on any atom is 0.339 e. The minimum absolute atomic E-state index is 0.0927. The first-order valence-electron chi connectivity index (χ1n) is 7.93. The van der Waals surface area contributed by atoms with Crippen molar-refractivity contribution in [1.82, 2.24) is 0 Å². The van der Waals surface area contributed by atoms with Crippen LogP contribution < -0.4 is 5.32 Å². The molecule has 0 saturated heterocycles. The van der Waals surface area contributed by atoms with Gasteiger partial charge in [0.25, 0.3) is 0 Å². The summed E-state index contributed by atoms with van der Waals surface area (Å²) in [5.41, 5.74) is 3.00. The number of hydrogen-bond acceptors (Lipinski definition) is 3. The van der Waals surface area contributed by atoms with Gasteiger partial charge in [0.2, 0.25) is 0 Å². The van der Waals surface area contributed by atoms with E-state index in [0.717, 1.165) is 11.6 Å². The average molecular weight is 287 g/mol. The van der Waals surface area contributed by atoms with Gasteiger partial charge < -0.3 is 10.1 Å². The SMILES string of the molecule is COC(=O)c1cccc2c1N[C@@H]1C[C@@H](C)CC[C@@H]1C2(C)C. The summed E-state index contributed by atoms with van der Waals surface area (Å²) in [6.07, 6.45) is 3.75. The number of carbonyl (C=O) groups excluding carboxylic acids is 1. The number of carbonyl (C=O) groups is 1. The molecule has 1 aromatic rings. The Balaban J connectivity index is 2.09. The number of ether oxygens (including phenoxy) is 1. The highest BCUT2D eigenvalue weighted by Crippen LogP contribution is 2.49. The van der Waals surface area contributed by atoms with Crippen LogP contribution in [0.5, 0.6) is 0 Å². The third-order valence-electron chi connectivity index (χ3n) is 5.53. The molecule has 3 heteroatoms. The monoisotopic (exact) mass is 287 g/mol. The molecule has 0 spiro atoms. The molecule has 0 radical (unpaired) electrons. The van der Waals surface area contributed by atoms with Gasteiger partial charge in [-0.25, -0.2) is 4.79 Å². The van der Waals surface area contributed by atoms with Crippen LogP contribution in [-0.4, -0.2) is 19.1 Å². The van der Waals surface area contributed by atoms with E-state index in [1.165, 1.54) is 31.9 Å². The molecule has 1 heterocycles. The molecule has 1 aliphatic heterocycles. The first-order chi connectivity index (χ1) is 9.95. The Bertz CT molecular complexity index is 564. The van der Waals surface area contributed by atoms with Gasteiger partial charge in [-0.15, -0.1) is 0 Å². The smallest absolute Gasteiger partial charge is 0.339 e. The lowest BCUT2D eigenvalue weighted by Crippen LogP contribution is -2.49. The number of nitrogens with one attached hydrogen (secondary N) is 1. The summed E-state index contributed by atoms with van der Waals surface area (Å²) in [5.74, 6) is 1.13. The number of rotatable bonds is 1. The molecule has 21 heavy (non-hydrogen) atoms. The molecule has 114 valence electrons. The Morgan fingerprint density at radius 1 is 1.33 bits per heavy atom. The topological polar surface area (TPSA) is 38.3 Å². The van der Waals surface area contributed by atoms with Crippen molar-refractivity contribution in [3.63, 3.8) is 0 Å². The molecular weight excluding hydrogens is 262 g/mol. The van der Waals surface area contributed by atoms with E-state index in [-0.39, 0.29) is 11.4 Å². The fourth-order valence-corrected chi connectivity index (χ4v) is 4.31. The number of fused-ring (bicyclic) bond motifs is 2. The maximum atomic E-state index is 12.1. The molecule has 3 nitrogen and oxygen atoms in total. The molecule has 1 fully saturated rings. The van der Waals surface area contributed by atoms with E-state index in [4.69, 9.17) is 4.74 Å². The van der Waals surface area contributed by atoms with E-state index in [1.807, 2.05) is 12.1 Å². The molecule has 3 atom stereocenters. The summed E-state index contributed by atoms with van der Waals surface area (Å²) in [6, 6.07) is 6.45. The third kappa shape index (κ3) is 2.23. The highest BCUT2D eigenvalue weighted by atomic mass is 16.5. The lowest BCUT2D eigenvalue weighted by Gasteiger charge is -2.50. The van der Waals surface area contributed by atoms with Crippen molar-refractivity contribution in [2.45, 2.75) is 51.5 Å². The van der Waals surface area contributed by atoms with E-state index < -0.39 is 0 Å². The molecule has 0 bridgehead atoms. The zero-order valence-electron chi connectivity index (χ0n) is 13.4. The molecule has 1 N–H and O–H groups in total. The van der Waals surface area contributed by atoms with Gasteiger partial charge in [0, 0.05) is 6.04 Å². The Morgan fingerprint density at radius 2 is 2.10 bits per heavy atom. The summed E-state index contributed by atoms with van der Waals surface area (Å²) in [6.45, 7) is 6.97. The second kappa shape index (κ2) is 5.04. The molecule has 1 aromatic carbocycles. The van der Waals surface area contributed by atoms with Gasteiger partial charge in [-0.3, -0.25) is 0 Å². The Kier molecular flexibility index (Phi) is 3.46. The van der Waals surface area contributed by atoms with Crippen molar-refractivity contribution in [2.24, 2.45) is 11.8 Å². The second-order valence-corrected chi connectivity index (χ2v) is 7.22. The van der Waals surface area contributed by atoms with E-state index in [2.05, 4.69) is 32.2 Å². The van der Waals surface area contributed by atoms with Crippen LogP contribution >= 0.6 is 0 Å². The van der Waals surface area contributed by atoms with E-state index in [1.54, 1.807) is 0 Å². The largest absolute Gasteiger partial charge is 0.465 e. The Hall–Kier alpha value is -1.51. The standard InChI is InChI=1S/C18H25NO2/c1-11-8-9-13-15(10-11)19-16-12(17(20)21-4)6-5-7-14(16)18(13,2)3/h5-7,11,13,15,19H,8-10H2,1-4H3/t11-,13-,15+/m0/s1. The van der Waals surface area contributed by atoms with Crippen LogP contribution in [0.3, 0.4) is 0 Å². The quantitative estimate of drug-likeness (QED) is 0.794. The summed E-state index contributed by atoms with van der Waals surface area (Å²) in [7, 11) is 1.45. The van der Waals surface area contributed by atoms with Gasteiger partial charge >= 0.3 is 5.97 Å². The van der Waals surface area contributed by atoms with E-state index in [0.29, 0.717) is 17.5 Å². The zero-order valence-corrected chi connectivity index (χ0v) is 13.4. The normalized spacial score (nSPS) is 29.8. The van der Waals surface area contributed by atoms with Crippen molar-refractivity contribution in [3.05, 3.63) is 29.3 Å². The van der Waals surface area contributed by atoms with Crippen LogP contribution in [0.1, 0.15) is 56.0 Å². The fraction of sp³-hybridized carbons (Fsp3) is 0.611. The van der Waals surface area contributed by atoms with Crippen LogP contribution in [0.15, 0.2) is 18.2 Å². The van der Waals surface area contributed by atoms with Crippen molar-refractivity contribution in [2.75, 3.05) is 12.4 Å². The Labute approximate surface area is 127 Å². The number of esters is 1. The molecule has 1 aliphatic carbocycles. The van der Waals surface area contributed by atoms with E-state index in [9.17, 15) is 4.79 Å². The Morgan fingerprint density at radius 3 is 2.81 bits per heavy atom. The zero-order chi connectivity index (χ0) is 15.2. The van der Waals surface area contributed by atoms with Gasteiger partial charge in [-0.2, -0.15) is 0 Å². The van der Waals surface area contributed by atoms with Crippen LogP contribution in [0.4, 0.5) is 5.69 Å². The van der Waals surface area contributed by atoms with Crippen LogP contribution in [0.25, 0.3) is 0 Å². The minimum Gasteiger partial charge on any atom is -0.465 e. The van der Waals surface area contributed by atoms with Gasteiger partial charge in [-0.05, 0) is 41.7 Å². The van der Waals surface area contributed by atoms with Crippen LogP contribution in [0, 0.1) is 11.8 Å². The summed E-state index contributed by atoms with van der Waals surface area (Å²) < 4.78 is 4.95. The third-order valence-corrected chi connectivity index (χ3v) is 5.53. The second-order valence-electron chi connectivity index (χ2n) is 7.22. The predicted octanol–water partition coefficient (Wildman–Crippen LogP) is 3.98. The van der Waals surface area contributed by atoms with Gasteiger partial charge in [0.15, 0.2) is 0 Å². The highest BCUT2D eigenvalue weighted by molar-refractivity contribution is 5.97. The summed E-state index contributed by atoms with van der Waals surface area (Å²) >= 11 is 0. The van der Waals surface area contributed by atoms with Gasteiger partial charge in [0.1, 0.15) is 0 Å². The highest BCUT2D eigenvalue weighted by Gasteiger charge is 2.45. The van der Waals surface area contributed by atoms with Gasteiger partial charge in [0.05, 0.1) is 18.4 Å². The van der Waals surface area contributed by atoms with Crippen molar-refractivity contribution >= 4 is 11.7 Å². The molecule has 0 amide bonds. The van der Waals surface area contributed by atoms with Crippen molar-refractivity contribution in [3.8, 4) is 0 Å². The summed E-state index contributed by atoms with van der Waals surface area (Å²) in [5, 5.41) is 3.67. The lowest BCUT2D eigenvalue weighted by atomic mass is 9.61. The number of methoxy groups -OCH3 is 1. The molecule has 1 saturated carbocycles. The van der Waals surface area contributed by atoms with Gasteiger partial charge in [-0.1, -0.05) is 39.3 Å². The fourth-order valence-electron chi connectivity index (χ4n) is 4.31. The van der Waals surface area contributed by atoms with Crippen molar-refractivity contribution < 1.29 is 9.53 Å². The molecular formula is C18H25NO2. The van der Waals surface area contributed by atoms with Crippen molar-refractivity contribution in [1.29, 1.82) is 0 Å².